The molecule has 0 aromatic heterocycles. The molecule has 0 spiro atoms. The highest BCUT2D eigenvalue weighted by molar-refractivity contribution is 9.10. The van der Waals surface area contributed by atoms with E-state index in [4.69, 9.17) is 14.2 Å². The lowest BCUT2D eigenvalue weighted by Crippen LogP contribution is -2.43. The van der Waals surface area contributed by atoms with Crippen LogP contribution in [-0.2, 0) is 9.59 Å². The molecule has 2 rings (SSSR count). The van der Waals surface area contributed by atoms with Gasteiger partial charge in [-0.1, -0.05) is 22.0 Å². The lowest BCUT2D eigenvalue weighted by molar-refractivity contribution is -0.128. The Morgan fingerprint density at radius 3 is 2.39 bits per heavy atom. The highest BCUT2D eigenvalue weighted by atomic mass is 79.9. The fourth-order valence-corrected chi connectivity index (χ4v) is 2.73. The van der Waals surface area contributed by atoms with Gasteiger partial charge in [0.25, 0.3) is 11.8 Å². The minimum atomic E-state index is -0.483. The molecule has 0 saturated carbocycles. The third kappa shape index (κ3) is 6.31. The van der Waals surface area contributed by atoms with Gasteiger partial charge in [0.1, 0.15) is 5.75 Å². The molecule has 0 aliphatic heterocycles. The zero-order valence-electron chi connectivity index (χ0n) is 15.7. The molecule has 0 unspecified atom stereocenters. The second-order valence-corrected chi connectivity index (χ2v) is 6.60. The predicted octanol–water partition coefficient (Wildman–Crippen LogP) is 3.01. The quantitative estimate of drug-likeness (QED) is 0.502. The molecule has 148 valence electrons. The number of nitrogens with one attached hydrogen (secondary N) is 2. The summed E-state index contributed by atoms with van der Waals surface area (Å²) in [6.07, 6.45) is 2.88. The van der Waals surface area contributed by atoms with Crippen LogP contribution in [0.2, 0.25) is 0 Å². The first-order valence-electron chi connectivity index (χ1n) is 8.31. The summed E-state index contributed by atoms with van der Waals surface area (Å²) in [6, 6.07) is 10.7. The number of rotatable bonds is 7. The van der Waals surface area contributed by atoms with Crippen molar-refractivity contribution in [3.05, 3.63) is 58.1 Å². The topological polar surface area (TPSA) is 85.9 Å². The summed E-state index contributed by atoms with van der Waals surface area (Å²) in [7, 11) is 3.08. The predicted molar refractivity (Wildman–Crippen MR) is 109 cm³/mol. The van der Waals surface area contributed by atoms with Gasteiger partial charge in [0.2, 0.25) is 0 Å². The Bertz CT molecular complexity index is 883. The molecule has 28 heavy (non-hydrogen) atoms. The van der Waals surface area contributed by atoms with Crippen LogP contribution >= 0.6 is 15.9 Å². The molecule has 0 aliphatic carbocycles. The molecule has 0 bridgehead atoms. The Morgan fingerprint density at radius 1 is 1.00 bits per heavy atom. The number of hydrogen-bond acceptors (Lipinski definition) is 5. The summed E-state index contributed by atoms with van der Waals surface area (Å²) in [5.74, 6) is 0.785. The number of carbonyl (C=O) groups excluding carboxylic acids is 2. The van der Waals surface area contributed by atoms with E-state index in [0.29, 0.717) is 17.2 Å². The van der Waals surface area contributed by atoms with Gasteiger partial charge in [-0.3, -0.25) is 20.4 Å². The molecule has 7 nitrogen and oxygen atoms in total. The summed E-state index contributed by atoms with van der Waals surface area (Å²) in [5.41, 5.74) is 6.22. The van der Waals surface area contributed by atoms with Crippen molar-refractivity contribution in [3.8, 4) is 17.2 Å². The number of hydrazine groups is 1. The molecule has 0 aliphatic rings. The number of hydrogen-bond donors (Lipinski definition) is 2. The average Bonchev–Trinajstić information content (AvgIpc) is 2.69. The van der Waals surface area contributed by atoms with Crippen molar-refractivity contribution in [3.63, 3.8) is 0 Å². The first kappa shape index (κ1) is 21.3. The van der Waals surface area contributed by atoms with E-state index in [9.17, 15) is 9.59 Å². The van der Waals surface area contributed by atoms with Crippen LogP contribution < -0.4 is 25.1 Å². The normalized spacial score (nSPS) is 10.4. The fraction of sp³-hybridized carbons (Fsp3) is 0.200. The Kier molecular flexibility index (Phi) is 7.88. The minimum Gasteiger partial charge on any atom is -0.493 e. The third-order valence-corrected chi connectivity index (χ3v) is 4.15. The highest BCUT2D eigenvalue weighted by Gasteiger charge is 2.07. The van der Waals surface area contributed by atoms with E-state index in [1.54, 1.807) is 37.5 Å². The smallest absolute Gasteiger partial charge is 0.276 e. The van der Waals surface area contributed by atoms with Gasteiger partial charge >= 0.3 is 0 Å². The fourth-order valence-electron chi connectivity index (χ4n) is 2.26. The van der Waals surface area contributed by atoms with Gasteiger partial charge in [-0.05, 0) is 54.5 Å². The van der Waals surface area contributed by atoms with Gasteiger partial charge in [-0.2, -0.15) is 0 Å². The Balaban J connectivity index is 1.81. The van der Waals surface area contributed by atoms with Crippen LogP contribution in [-0.4, -0.2) is 32.6 Å². The summed E-state index contributed by atoms with van der Waals surface area (Å²) in [6.45, 7) is 1.65. The van der Waals surface area contributed by atoms with Crippen LogP contribution in [0.25, 0.3) is 6.08 Å². The van der Waals surface area contributed by atoms with Gasteiger partial charge in [0.05, 0.1) is 14.2 Å². The number of carbonyl (C=O) groups is 2. The van der Waals surface area contributed by atoms with Crippen LogP contribution in [0.1, 0.15) is 11.1 Å². The third-order valence-electron chi connectivity index (χ3n) is 3.66. The summed E-state index contributed by atoms with van der Waals surface area (Å²) in [4.78, 5) is 23.7. The van der Waals surface area contributed by atoms with Crippen LogP contribution in [0.3, 0.4) is 0 Å². The van der Waals surface area contributed by atoms with Gasteiger partial charge in [-0.25, -0.2) is 0 Å². The number of aryl methyl sites for hydroxylation is 1. The van der Waals surface area contributed by atoms with Crippen LogP contribution in [0, 0.1) is 6.92 Å². The molecule has 0 heterocycles. The summed E-state index contributed by atoms with van der Waals surface area (Å²) >= 11 is 3.36. The molecule has 0 radical (unpaired) electrons. The number of methoxy groups -OCH3 is 2. The van der Waals surface area contributed by atoms with Crippen molar-refractivity contribution >= 4 is 33.8 Å². The maximum atomic E-state index is 11.8. The van der Waals surface area contributed by atoms with E-state index in [-0.39, 0.29) is 6.61 Å². The minimum absolute atomic E-state index is 0.220. The van der Waals surface area contributed by atoms with Crippen LogP contribution in [0.5, 0.6) is 17.2 Å². The van der Waals surface area contributed by atoms with Crippen molar-refractivity contribution in [2.45, 2.75) is 6.92 Å². The molecular formula is C20H21BrN2O5. The van der Waals surface area contributed by atoms with E-state index in [1.807, 2.05) is 19.1 Å². The molecule has 2 aromatic rings. The molecule has 0 saturated heterocycles. The second-order valence-electron chi connectivity index (χ2n) is 5.68. The van der Waals surface area contributed by atoms with Crippen molar-refractivity contribution in [1.29, 1.82) is 0 Å². The number of ether oxygens (including phenoxy) is 3. The summed E-state index contributed by atoms with van der Waals surface area (Å²) in [5, 5.41) is 0. The van der Waals surface area contributed by atoms with Crippen molar-refractivity contribution in [2.75, 3.05) is 20.8 Å². The van der Waals surface area contributed by atoms with Crippen molar-refractivity contribution in [1.82, 2.24) is 10.9 Å². The Labute approximate surface area is 171 Å². The van der Waals surface area contributed by atoms with Crippen molar-refractivity contribution in [2.24, 2.45) is 0 Å². The molecule has 2 N–H and O–H groups in total. The molecule has 8 heteroatoms. The van der Waals surface area contributed by atoms with Gasteiger partial charge < -0.3 is 14.2 Å². The van der Waals surface area contributed by atoms with Crippen molar-refractivity contribution < 1.29 is 23.8 Å². The lowest BCUT2D eigenvalue weighted by atomic mass is 10.2. The molecule has 0 atom stereocenters. The van der Waals surface area contributed by atoms with Crippen LogP contribution in [0.15, 0.2) is 46.9 Å². The van der Waals surface area contributed by atoms with E-state index >= 15 is 0 Å². The monoisotopic (exact) mass is 448 g/mol. The highest BCUT2D eigenvalue weighted by Crippen LogP contribution is 2.27. The largest absolute Gasteiger partial charge is 0.493 e. The molecule has 2 amide bonds. The summed E-state index contributed by atoms with van der Waals surface area (Å²) < 4.78 is 16.7. The zero-order chi connectivity index (χ0) is 20.5. The number of amides is 2. The van der Waals surface area contributed by atoms with Gasteiger partial charge in [-0.15, -0.1) is 0 Å². The average molecular weight is 449 g/mol. The van der Waals surface area contributed by atoms with E-state index in [2.05, 4.69) is 26.8 Å². The first-order valence-corrected chi connectivity index (χ1v) is 9.10. The Hall–Kier alpha value is -3.00. The molecular weight excluding hydrogens is 428 g/mol. The van der Waals surface area contributed by atoms with Crippen LogP contribution in [0.4, 0.5) is 0 Å². The standard InChI is InChI=1S/C20H21BrN2O5/c1-13-10-15(21)6-8-16(13)28-12-20(25)23-22-19(24)9-5-14-4-7-17(26-2)18(11-14)27-3/h4-11H,12H2,1-3H3,(H,22,24)(H,23,25). The van der Waals surface area contributed by atoms with Gasteiger partial charge in [0.15, 0.2) is 18.1 Å². The van der Waals surface area contributed by atoms with E-state index < -0.39 is 11.8 Å². The molecule has 0 fully saturated rings. The number of halogens is 1. The second kappa shape index (κ2) is 10.4. The number of benzene rings is 2. The van der Waals surface area contributed by atoms with E-state index in [0.717, 1.165) is 15.6 Å². The first-order chi connectivity index (χ1) is 13.4. The van der Waals surface area contributed by atoms with E-state index in [1.165, 1.54) is 13.2 Å². The molecule has 2 aromatic carbocycles. The Morgan fingerprint density at radius 2 is 1.71 bits per heavy atom. The SMILES string of the molecule is COc1ccc(C=CC(=O)NNC(=O)COc2ccc(Br)cc2C)cc1OC. The zero-order valence-corrected chi connectivity index (χ0v) is 17.3. The van der Waals surface area contributed by atoms with Gasteiger partial charge in [0, 0.05) is 10.5 Å². The maximum Gasteiger partial charge on any atom is 0.276 e. The lowest BCUT2D eigenvalue weighted by Gasteiger charge is -2.10. The maximum absolute atomic E-state index is 11.8.